The second-order valence-electron chi connectivity index (χ2n) is 5.33. The van der Waals surface area contributed by atoms with Gasteiger partial charge >= 0.3 is 0 Å². The van der Waals surface area contributed by atoms with Gasteiger partial charge in [-0.3, -0.25) is 9.69 Å². The Balaban J connectivity index is 2.07. The van der Waals surface area contributed by atoms with E-state index in [2.05, 4.69) is 9.80 Å². The highest BCUT2D eigenvalue weighted by Gasteiger charge is 2.34. The summed E-state index contributed by atoms with van der Waals surface area (Å²) in [6, 6.07) is 0.360. The van der Waals surface area contributed by atoms with Gasteiger partial charge in [0, 0.05) is 25.7 Å². The van der Waals surface area contributed by atoms with Crippen LogP contribution < -0.4 is 0 Å². The van der Waals surface area contributed by atoms with Gasteiger partial charge < -0.3 is 10.0 Å². The summed E-state index contributed by atoms with van der Waals surface area (Å²) < 4.78 is 0. The van der Waals surface area contributed by atoms with E-state index in [-0.39, 0.29) is 18.6 Å². The Morgan fingerprint density at radius 3 is 2.59 bits per heavy atom. The van der Waals surface area contributed by atoms with Gasteiger partial charge in [-0.15, -0.1) is 0 Å². The maximum absolute atomic E-state index is 12.5. The number of rotatable bonds is 3. The molecule has 0 spiro atoms. The number of aliphatic hydroxyl groups is 1. The van der Waals surface area contributed by atoms with Crippen molar-refractivity contribution in [1.29, 1.82) is 0 Å². The van der Waals surface area contributed by atoms with Crippen LogP contribution in [0.1, 0.15) is 38.5 Å². The molecule has 0 aromatic rings. The summed E-state index contributed by atoms with van der Waals surface area (Å²) in [6.07, 6.45) is 6.48. The van der Waals surface area contributed by atoms with Gasteiger partial charge in [-0.1, -0.05) is 12.8 Å². The topological polar surface area (TPSA) is 43.8 Å². The summed E-state index contributed by atoms with van der Waals surface area (Å²) in [7, 11) is 2.00. The highest BCUT2D eigenvalue weighted by atomic mass is 16.3. The summed E-state index contributed by atoms with van der Waals surface area (Å²) in [4.78, 5) is 16.7. The molecule has 1 unspecified atom stereocenters. The number of hydrogen-bond donors (Lipinski definition) is 1. The molecule has 1 atom stereocenters. The summed E-state index contributed by atoms with van der Waals surface area (Å²) in [5.41, 5.74) is 0. The number of nitrogens with zero attached hydrogens (tertiary/aromatic N) is 2. The molecule has 1 N–H and O–H groups in total. The van der Waals surface area contributed by atoms with Crippen molar-refractivity contribution in [2.75, 3.05) is 26.7 Å². The fourth-order valence-corrected chi connectivity index (χ4v) is 3.18. The molecule has 17 heavy (non-hydrogen) atoms. The zero-order valence-corrected chi connectivity index (χ0v) is 10.8. The van der Waals surface area contributed by atoms with Crippen LogP contribution in [-0.4, -0.2) is 59.6 Å². The van der Waals surface area contributed by atoms with Crippen LogP contribution in [0.25, 0.3) is 0 Å². The van der Waals surface area contributed by atoms with E-state index in [1.54, 1.807) is 0 Å². The number of carbonyl (C=O) groups excluding carboxylic acids is 1. The van der Waals surface area contributed by atoms with Gasteiger partial charge in [0.15, 0.2) is 0 Å². The van der Waals surface area contributed by atoms with Gasteiger partial charge in [0.1, 0.15) is 0 Å². The average Bonchev–Trinajstić information content (AvgIpc) is 2.80. The molecule has 1 heterocycles. The van der Waals surface area contributed by atoms with E-state index in [0.717, 1.165) is 19.5 Å². The predicted octanol–water partition coefficient (Wildman–Crippen LogP) is 0.844. The molecule has 1 aliphatic carbocycles. The Morgan fingerprint density at radius 1 is 1.24 bits per heavy atom. The standard InChI is InChI=1S/C13H24N2O2/c1-14-8-4-9-15(11-5-2-3-6-11)13(17)12(14)7-10-16/h11-12,16H,2-10H2,1H3. The quantitative estimate of drug-likeness (QED) is 0.795. The normalized spacial score (nSPS) is 28.7. The maximum atomic E-state index is 12.5. The monoisotopic (exact) mass is 240 g/mol. The van der Waals surface area contributed by atoms with Gasteiger partial charge in [-0.25, -0.2) is 0 Å². The SMILES string of the molecule is CN1CCCN(C2CCCC2)C(=O)C1CCO. The van der Waals surface area contributed by atoms with Crippen LogP contribution >= 0.6 is 0 Å². The molecule has 1 amide bonds. The summed E-state index contributed by atoms with van der Waals surface area (Å²) in [5.74, 6) is 0.242. The van der Waals surface area contributed by atoms with E-state index in [1.165, 1.54) is 25.7 Å². The lowest BCUT2D eigenvalue weighted by Crippen LogP contribution is -2.48. The molecule has 2 fully saturated rings. The van der Waals surface area contributed by atoms with Crippen molar-refractivity contribution < 1.29 is 9.90 Å². The molecular formula is C13H24N2O2. The minimum Gasteiger partial charge on any atom is -0.396 e. The van der Waals surface area contributed by atoms with Crippen LogP contribution in [0.4, 0.5) is 0 Å². The Morgan fingerprint density at radius 2 is 1.94 bits per heavy atom. The van der Waals surface area contributed by atoms with E-state index in [0.29, 0.717) is 12.5 Å². The number of likely N-dealkylation sites (N-methyl/N-ethyl adjacent to an activating group) is 1. The van der Waals surface area contributed by atoms with Crippen molar-refractivity contribution in [3.63, 3.8) is 0 Å². The van der Waals surface area contributed by atoms with Gasteiger partial charge in [0.05, 0.1) is 6.04 Å². The zero-order valence-electron chi connectivity index (χ0n) is 10.8. The van der Waals surface area contributed by atoms with Gasteiger partial charge in [-0.2, -0.15) is 0 Å². The molecule has 0 radical (unpaired) electrons. The Bertz CT molecular complexity index is 264. The number of carbonyl (C=O) groups is 1. The first-order chi connectivity index (χ1) is 8.24. The minimum absolute atomic E-state index is 0.0965. The first-order valence-corrected chi connectivity index (χ1v) is 6.85. The van der Waals surface area contributed by atoms with Crippen molar-refractivity contribution in [2.24, 2.45) is 0 Å². The van der Waals surface area contributed by atoms with E-state index in [1.807, 2.05) is 7.05 Å². The highest BCUT2D eigenvalue weighted by molar-refractivity contribution is 5.82. The first kappa shape index (κ1) is 12.8. The third-order valence-electron chi connectivity index (χ3n) is 4.18. The van der Waals surface area contributed by atoms with Crippen molar-refractivity contribution >= 4 is 5.91 Å². The molecule has 0 aromatic carbocycles. The Hall–Kier alpha value is -0.610. The van der Waals surface area contributed by atoms with Crippen LogP contribution in [0, 0.1) is 0 Å². The second-order valence-corrected chi connectivity index (χ2v) is 5.33. The van der Waals surface area contributed by atoms with E-state index >= 15 is 0 Å². The number of aliphatic hydroxyl groups excluding tert-OH is 1. The van der Waals surface area contributed by atoms with E-state index in [9.17, 15) is 4.79 Å². The first-order valence-electron chi connectivity index (χ1n) is 6.85. The van der Waals surface area contributed by atoms with Crippen LogP contribution in [-0.2, 0) is 4.79 Å². The molecule has 1 aliphatic heterocycles. The van der Waals surface area contributed by atoms with Crippen LogP contribution in [0.5, 0.6) is 0 Å². The number of hydrogen-bond acceptors (Lipinski definition) is 3. The molecule has 2 rings (SSSR count). The predicted molar refractivity (Wildman–Crippen MR) is 66.7 cm³/mol. The smallest absolute Gasteiger partial charge is 0.240 e. The van der Waals surface area contributed by atoms with Crippen LogP contribution in [0.2, 0.25) is 0 Å². The van der Waals surface area contributed by atoms with E-state index in [4.69, 9.17) is 5.11 Å². The zero-order chi connectivity index (χ0) is 12.3. The third kappa shape index (κ3) is 2.80. The molecule has 2 aliphatic rings. The summed E-state index contributed by atoms with van der Waals surface area (Å²) >= 11 is 0. The summed E-state index contributed by atoms with van der Waals surface area (Å²) in [5, 5.41) is 9.10. The van der Waals surface area contributed by atoms with Crippen molar-refractivity contribution in [2.45, 2.75) is 50.6 Å². The summed E-state index contributed by atoms with van der Waals surface area (Å²) in [6.45, 7) is 1.95. The number of amides is 1. The molecule has 0 bridgehead atoms. The Kier molecular flexibility index (Phi) is 4.40. The maximum Gasteiger partial charge on any atom is 0.240 e. The lowest BCUT2D eigenvalue weighted by atomic mass is 10.1. The molecule has 1 saturated carbocycles. The van der Waals surface area contributed by atoms with Gasteiger partial charge in [0.25, 0.3) is 0 Å². The van der Waals surface area contributed by atoms with Crippen LogP contribution in [0.3, 0.4) is 0 Å². The highest BCUT2D eigenvalue weighted by Crippen LogP contribution is 2.26. The molecular weight excluding hydrogens is 216 g/mol. The van der Waals surface area contributed by atoms with Crippen molar-refractivity contribution in [3.05, 3.63) is 0 Å². The van der Waals surface area contributed by atoms with Gasteiger partial charge in [-0.05, 0) is 32.7 Å². The molecule has 4 nitrogen and oxygen atoms in total. The molecule has 4 heteroatoms. The molecule has 1 saturated heterocycles. The van der Waals surface area contributed by atoms with Crippen molar-refractivity contribution in [3.8, 4) is 0 Å². The fourth-order valence-electron chi connectivity index (χ4n) is 3.18. The third-order valence-corrected chi connectivity index (χ3v) is 4.18. The lowest BCUT2D eigenvalue weighted by molar-refractivity contribution is -0.137. The fraction of sp³-hybridized carbons (Fsp3) is 0.923. The minimum atomic E-state index is -0.108. The molecule has 98 valence electrons. The Labute approximate surface area is 104 Å². The van der Waals surface area contributed by atoms with E-state index < -0.39 is 0 Å². The lowest BCUT2D eigenvalue weighted by Gasteiger charge is -2.31. The van der Waals surface area contributed by atoms with Crippen LogP contribution in [0.15, 0.2) is 0 Å². The van der Waals surface area contributed by atoms with Gasteiger partial charge in [0.2, 0.25) is 5.91 Å². The second kappa shape index (κ2) is 5.83. The molecule has 0 aromatic heterocycles. The largest absolute Gasteiger partial charge is 0.396 e. The van der Waals surface area contributed by atoms with Crippen molar-refractivity contribution in [1.82, 2.24) is 9.80 Å². The average molecular weight is 240 g/mol.